The average Bonchev–Trinajstić information content (AvgIpc) is 3.03. The lowest BCUT2D eigenvalue weighted by atomic mass is 10.1. The van der Waals surface area contributed by atoms with Crippen molar-refractivity contribution in [2.45, 2.75) is 20.3 Å². The van der Waals surface area contributed by atoms with Crippen molar-refractivity contribution in [1.82, 2.24) is 4.90 Å². The Hall–Kier alpha value is -1.84. The summed E-state index contributed by atoms with van der Waals surface area (Å²) < 4.78 is 27.3. The van der Waals surface area contributed by atoms with Gasteiger partial charge in [-0.15, -0.1) is 0 Å². The van der Waals surface area contributed by atoms with Crippen LogP contribution in [-0.2, 0) is 23.7 Å². The Labute approximate surface area is 184 Å². The third-order valence-electron chi connectivity index (χ3n) is 4.92. The van der Waals surface area contributed by atoms with E-state index >= 15 is 0 Å². The van der Waals surface area contributed by atoms with E-state index in [2.05, 4.69) is 13.8 Å². The van der Waals surface area contributed by atoms with Crippen LogP contribution >= 0.6 is 0 Å². The van der Waals surface area contributed by atoms with Gasteiger partial charge in [-0.05, 0) is 18.1 Å². The van der Waals surface area contributed by atoms with Crippen molar-refractivity contribution in [2.75, 3.05) is 72.6 Å². The lowest BCUT2D eigenvalue weighted by Crippen LogP contribution is -2.33. The number of nitrogens with zero attached hydrogens (tertiary/aromatic N) is 1. The van der Waals surface area contributed by atoms with Gasteiger partial charge in [0.15, 0.2) is 0 Å². The van der Waals surface area contributed by atoms with Crippen molar-refractivity contribution in [3.8, 4) is 0 Å². The monoisotopic (exact) mass is 437 g/mol. The second-order valence-electron chi connectivity index (χ2n) is 7.35. The molecule has 1 aliphatic heterocycles. The highest BCUT2D eigenvalue weighted by atomic mass is 16.6. The summed E-state index contributed by atoms with van der Waals surface area (Å²) in [6, 6.07) is 6.84. The van der Waals surface area contributed by atoms with Crippen LogP contribution in [0.2, 0.25) is 0 Å². The van der Waals surface area contributed by atoms with E-state index in [1.807, 2.05) is 0 Å². The molecule has 31 heavy (non-hydrogen) atoms. The summed E-state index contributed by atoms with van der Waals surface area (Å²) in [6.07, 6.45) is 1.12. The van der Waals surface area contributed by atoms with E-state index in [0.717, 1.165) is 13.0 Å². The summed E-state index contributed by atoms with van der Waals surface area (Å²) in [6.45, 7) is 9.64. The van der Waals surface area contributed by atoms with Crippen LogP contribution in [0.15, 0.2) is 24.3 Å². The van der Waals surface area contributed by atoms with Crippen molar-refractivity contribution < 1.29 is 33.3 Å². The molecule has 1 unspecified atom stereocenters. The van der Waals surface area contributed by atoms with Gasteiger partial charge >= 0.3 is 0 Å². The minimum absolute atomic E-state index is 0.234. The maximum Gasteiger partial charge on any atom is 0.261 e. The summed E-state index contributed by atoms with van der Waals surface area (Å²) in [5.41, 5.74) is 0.910. The lowest BCUT2D eigenvalue weighted by molar-refractivity contribution is -0.0138. The number of amides is 2. The molecule has 1 heterocycles. The number of rotatable bonds is 18. The van der Waals surface area contributed by atoms with Crippen LogP contribution in [0.3, 0.4) is 0 Å². The topological polar surface area (TPSA) is 83.5 Å². The number of hydrogen-bond donors (Lipinski definition) is 0. The predicted molar refractivity (Wildman–Crippen MR) is 115 cm³/mol. The first-order valence-corrected chi connectivity index (χ1v) is 11.0. The molecular weight excluding hydrogens is 402 g/mol. The zero-order valence-electron chi connectivity index (χ0n) is 18.7. The Bertz CT molecular complexity index is 632. The van der Waals surface area contributed by atoms with Gasteiger partial charge in [0.1, 0.15) is 0 Å². The smallest absolute Gasteiger partial charge is 0.261 e. The van der Waals surface area contributed by atoms with Crippen molar-refractivity contribution in [3.63, 3.8) is 0 Å². The van der Waals surface area contributed by atoms with Gasteiger partial charge in [0.25, 0.3) is 11.8 Å². The molecule has 8 heteroatoms. The van der Waals surface area contributed by atoms with Crippen LogP contribution < -0.4 is 0 Å². The molecule has 1 aromatic rings. The molecule has 8 nitrogen and oxygen atoms in total. The molecular formula is C23H35NO7. The van der Waals surface area contributed by atoms with Crippen LogP contribution in [0.5, 0.6) is 0 Å². The quantitative estimate of drug-likeness (QED) is 0.258. The van der Waals surface area contributed by atoms with Crippen molar-refractivity contribution in [3.05, 3.63) is 35.4 Å². The van der Waals surface area contributed by atoms with Gasteiger partial charge < -0.3 is 23.7 Å². The molecule has 0 N–H and O–H groups in total. The summed E-state index contributed by atoms with van der Waals surface area (Å²) in [5, 5.41) is 0. The molecule has 0 fully saturated rings. The molecule has 174 valence electrons. The molecule has 2 amide bonds. The molecule has 0 aromatic heterocycles. The molecule has 0 saturated heterocycles. The Morgan fingerprint density at radius 2 is 1.13 bits per heavy atom. The normalized spacial score (nSPS) is 14.3. The molecule has 1 aliphatic rings. The fraction of sp³-hybridized carbons (Fsp3) is 0.652. The summed E-state index contributed by atoms with van der Waals surface area (Å²) in [4.78, 5) is 25.7. The second kappa shape index (κ2) is 15.0. The molecule has 1 aromatic carbocycles. The number of imide groups is 1. The van der Waals surface area contributed by atoms with E-state index < -0.39 is 0 Å². The van der Waals surface area contributed by atoms with E-state index in [0.29, 0.717) is 69.9 Å². The number of benzene rings is 1. The Morgan fingerprint density at radius 3 is 1.58 bits per heavy atom. The molecule has 0 bridgehead atoms. The van der Waals surface area contributed by atoms with Crippen LogP contribution in [-0.4, -0.2) is 89.3 Å². The average molecular weight is 438 g/mol. The van der Waals surface area contributed by atoms with Crippen LogP contribution in [0, 0.1) is 5.92 Å². The van der Waals surface area contributed by atoms with Gasteiger partial charge in [0.05, 0.1) is 77.1 Å². The molecule has 1 atom stereocenters. The van der Waals surface area contributed by atoms with Crippen LogP contribution in [0.1, 0.15) is 41.0 Å². The highest BCUT2D eigenvalue weighted by Gasteiger charge is 2.34. The van der Waals surface area contributed by atoms with Crippen LogP contribution in [0.25, 0.3) is 0 Å². The number of ether oxygens (including phenoxy) is 5. The first-order chi connectivity index (χ1) is 15.1. The Balaban J connectivity index is 1.35. The first kappa shape index (κ1) is 25.4. The SMILES string of the molecule is CCC(C)COCCOCCOCCOCCOCCN1C(=O)c2ccccc2C1=O. The second-order valence-corrected chi connectivity index (χ2v) is 7.35. The Morgan fingerprint density at radius 1 is 0.710 bits per heavy atom. The summed E-state index contributed by atoms with van der Waals surface area (Å²) in [7, 11) is 0. The van der Waals surface area contributed by atoms with E-state index in [9.17, 15) is 9.59 Å². The number of fused-ring (bicyclic) bond motifs is 1. The summed E-state index contributed by atoms with van der Waals surface area (Å²) in [5.74, 6) is 0.0606. The minimum atomic E-state index is -0.264. The van der Waals surface area contributed by atoms with Crippen molar-refractivity contribution in [2.24, 2.45) is 5.92 Å². The first-order valence-electron chi connectivity index (χ1n) is 11.0. The zero-order chi connectivity index (χ0) is 22.3. The lowest BCUT2D eigenvalue weighted by Gasteiger charge is -2.13. The number of hydrogen-bond acceptors (Lipinski definition) is 7. The van der Waals surface area contributed by atoms with Crippen molar-refractivity contribution in [1.29, 1.82) is 0 Å². The number of carbonyl (C=O) groups is 2. The maximum absolute atomic E-state index is 12.2. The fourth-order valence-electron chi connectivity index (χ4n) is 2.88. The van der Waals surface area contributed by atoms with Crippen molar-refractivity contribution >= 4 is 11.8 Å². The van der Waals surface area contributed by atoms with Gasteiger partial charge in [-0.1, -0.05) is 32.4 Å². The Kier molecular flexibility index (Phi) is 12.3. The zero-order valence-corrected chi connectivity index (χ0v) is 18.7. The third kappa shape index (κ3) is 9.04. The molecule has 0 spiro atoms. The van der Waals surface area contributed by atoms with Crippen LogP contribution in [0.4, 0.5) is 0 Å². The van der Waals surface area contributed by atoms with E-state index in [1.165, 1.54) is 4.90 Å². The number of carbonyl (C=O) groups excluding carboxylic acids is 2. The van der Waals surface area contributed by atoms with Gasteiger partial charge in [-0.2, -0.15) is 0 Å². The molecule has 0 radical (unpaired) electrons. The fourth-order valence-corrected chi connectivity index (χ4v) is 2.88. The minimum Gasteiger partial charge on any atom is -0.379 e. The summed E-state index contributed by atoms with van der Waals surface area (Å²) >= 11 is 0. The van der Waals surface area contributed by atoms with E-state index in [-0.39, 0.29) is 25.0 Å². The van der Waals surface area contributed by atoms with Gasteiger partial charge in [-0.3, -0.25) is 14.5 Å². The van der Waals surface area contributed by atoms with Gasteiger partial charge in [0, 0.05) is 6.61 Å². The van der Waals surface area contributed by atoms with Gasteiger partial charge in [-0.25, -0.2) is 0 Å². The van der Waals surface area contributed by atoms with Gasteiger partial charge in [0.2, 0.25) is 0 Å². The van der Waals surface area contributed by atoms with E-state index in [4.69, 9.17) is 23.7 Å². The highest BCUT2D eigenvalue weighted by Crippen LogP contribution is 2.21. The molecule has 2 rings (SSSR count). The molecule has 0 saturated carbocycles. The largest absolute Gasteiger partial charge is 0.379 e. The maximum atomic E-state index is 12.2. The standard InChI is InChI=1S/C23H35NO7/c1-3-19(2)18-31-17-16-30-15-14-29-13-12-28-11-10-27-9-8-24-22(25)20-6-4-5-7-21(20)23(24)26/h4-7,19H,3,8-18H2,1-2H3. The van der Waals surface area contributed by atoms with E-state index in [1.54, 1.807) is 24.3 Å². The predicted octanol–water partition coefficient (Wildman–Crippen LogP) is 2.41. The highest BCUT2D eigenvalue weighted by molar-refractivity contribution is 6.21. The molecule has 0 aliphatic carbocycles. The third-order valence-corrected chi connectivity index (χ3v) is 4.92.